The lowest BCUT2D eigenvalue weighted by atomic mass is 10.1. The van der Waals surface area contributed by atoms with E-state index < -0.39 is 12.1 Å². The number of aromatic nitrogens is 2. The molecule has 2 heterocycles. The van der Waals surface area contributed by atoms with Gasteiger partial charge >= 0.3 is 5.97 Å². The van der Waals surface area contributed by atoms with Crippen molar-refractivity contribution in [1.82, 2.24) is 9.55 Å². The number of nitrogens with zero attached hydrogens (tertiary/aromatic N) is 2. The Bertz CT molecular complexity index is 386. The van der Waals surface area contributed by atoms with Crippen LogP contribution in [-0.4, -0.2) is 26.8 Å². The topological polar surface area (TPSA) is 55.1 Å². The summed E-state index contributed by atoms with van der Waals surface area (Å²) in [6.45, 7) is 1.76. The SMILES string of the molecule is Cc1nc2n(c1C(=O)O)CC(F)CC2. The van der Waals surface area contributed by atoms with Crippen LogP contribution in [0, 0.1) is 6.92 Å². The van der Waals surface area contributed by atoms with Gasteiger partial charge in [-0.15, -0.1) is 0 Å². The number of hydrogen-bond acceptors (Lipinski definition) is 2. The van der Waals surface area contributed by atoms with E-state index in [-0.39, 0.29) is 12.2 Å². The summed E-state index contributed by atoms with van der Waals surface area (Å²) in [4.78, 5) is 15.0. The van der Waals surface area contributed by atoms with Crippen molar-refractivity contribution in [3.63, 3.8) is 0 Å². The van der Waals surface area contributed by atoms with Gasteiger partial charge in [0.05, 0.1) is 12.2 Å². The minimum Gasteiger partial charge on any atom is -0.477 e. The van der Waals surface area contributed by atoms with Crippen molar-refractivity contribution in [2.75, 3.05) is 0 Å². The van der Waals surface area contributed by atoms with Crippen molar-refractivity contribution >= 4 is 5.97 Å². The van der Waals surface area contributed by atoms with Crippen molar-refractivity contribution in [2.24, 2.45) is 0 Å². The van der Waals surface area contributed by atoms with Crippen molar-refractivity contribution in [1.29, 1.82) is 0 Å². The average molecular weight is 198 g/mol. The number of fused-ring (bicyclic) bond motifs is 1. The largest absolute Gasteiger partial charge is 0.477 e. The highest BCUT2D eigenvalue weighted by Gasteiger charge is 2.26. The first kappa shape index (κ1) is 9.18. The molecule has 0 aromatic carbocycles. The van der Waals surface area contributed by atoms with Gasteiger partial charge in [-0.05, 0) is 13.3 Å². The van der Waals surface area contributed by atoms with E-state index in [0.717, 1.165) is 0 Å². The van der Waals surface area contributed by atoms with Crippen LogP contribution in [-0.2, 0) is 13.0 Å². The average Bonchev–Trinajstić information content (AvgIpc) is 2.40. The number of aromatic carboxylic acids is 1. The van der Waals surface area contributed by atoms with Crippen molar-refractivity contribution in [3.05, 3.63) is 17.2 Å². The third-order valence-electron chi connectivity index (χ3n) is 2.49. The molecule has 1 aliphatic heterocycles. The minimum atomic E-state index is -1.03. The number of aryl methyl sites for hydroxylation is 2. The first-order valence-electron chi connectivity index (χ1n) is 4.53. The third-order valence-corrected chi connectivity index (χ3v) is 2.49. The summed E-state index contributed by atoms with van der Waals surface area (Å²) in [7, 11) is 0. The number of alkyl halides is 1. The molecule has 0 saturated carbocycles. The van der Waals surface area contributed by atoms with Gasteiger partial charge in [0.2, 0.25) is 0 Å². The lowest BCUT2D eigenvalue weighted by molar-refractivity contribution is 0.0680. The Hall–Kier alpha value is -1.39. The molecular weight excluding hydrogens is 187 g/mol. The van der Waals surface area contributed by atoms with Crippen molar-refractivity contribution < 1.29 is 14.3 Å². The van der Waals surface area contributed by atoms with Crippen LogP contribution in [0.3, 0.4) is 0 Å². The number of rotatable bonds is 1. The summed E-state index contributed by atoms with van der Waals surface area (Å²) in [5, 5.41) is 8.91. The van der Waals surface area contributed by atoms with Crippen molar-refractivity contribution in [2.45, 2.75) is 32.5 Å². The normalized spacial score (nSPS) is 20.6. The summed E-state index contributed by atoms with van der Waals surface area (Å²) < 4.78 is 14.6. The molecule has 0 radical (unpaired) electrons. The van der Waals surface area contributed by atoms with Gasteiger partial charge in [0.25, 0.3) is 0 Å². The fraction of sp³-hybridized carbons (Fsp3) is 0.556. The van der Waals surface area contributed by atoms with E-state index in [1.165, 1.54) is 4.57 Å². The predicted octanol–water partition coefficient (Wildman–Crippen LogP) is 1.17. The predicted molar refractivity (Wildman–Crippen MR) is 47.1 cm³/mol. The maximum atomic E-state index is 13.1. The maximum absolute atomic E-state index is 13.1. The first-order valence-corrected chi connectivity index (χ1v) is 4.53. The highest BCUT2D eigenvalue weighted by Crippen LogP contribution is 2.21. The molecule has 0 saturated heterocycles. The van der Waals surface area contributed by atoms with E-state index >= 15 is 0 Å². The zero-order valence-electron chi connectivity index (χ0n) is 7.83. The van der Waals surface area contributed by atoms with E-state index in [9.17, 15) is 9.18 Å². The van der Waals surface area contributed by atoms with Gasteiger partial charge in [0.15, 0.2) is 0 Å². The Labute approximate surface area is 80.4 Å². The number of carbonyl (C=O) groups is 1. The molecular formula is C9H11FN2O2. The molecule has 0 bridgehead atoms. The molecule has 1 aromatic heterocycles. The summed E-state index contributed by atoms with van der Waals surface area (Å²) in [5.41, 5.74) is 0.601. The Morgan fingerprint density at radius 2 is 2.43 bits per heavy atom. The van der Waals surface area contributed by atoms with Gasteiger partial charge in [-0.1, -0.05) is 0 Å². The number of carboxylic acids is 1. The van der Waals surface area contributed by atoms with E-state index in [1.807, 2.05) is 0 Å². The molecule has 76 valence electrons. The van der Waals surface area contributed by atoms with E-state index in [1.54, 1.807) is 6.92 Å². The van der Waals surface area contributed by atoms with Gasteiger partial charge in [-0.25, -0.2) is 14.2 Å². The lowest BCUT2D eigenvalue weighted by Crippen LogP contribution is -2.24. The van der Waals surface area contributed by atoms with Crippen LogP contribution < -0.4 is 0 Å². The Kier molecular flexibility index (Phi) is 2.02. The second kappa shape index (κ2) is 3.08. The molecule has 0 aliphatic carbocycles. The highest BCUT2D eigenvalue weighted by molar-refractivity contribution is 5.87. The third kappa shape index (κ3) is 1.29. The van der Waals surface area contributed by atoms with Crippen LogP contribution >= 0.6 is 0 Å². The number of carboxylic acid groups (broad SMARTS) is 1. The Balaban J connectivity index is 2.50. The van der Waals surface area contributed by atoms with Crippen LogP contribution in [0.25, 0.3) is 0 Å². The fourth-order valence-corrected chi connectivity index (χ4v) is 1.86. The second-order valence-electron chi connectivity index (χ2n) is 3.51. The molecule has 5 heteroatoms. The van der Waals surface area contributed by atoms with Crippen LogP contribution in [0.2, 0.25) is 0 Å². The lowest BCUT2D eigenvalue weighted by Gasteiger charge is -2.18. The van der Waals surface area contributed by atoms with Gasteiger partial charge in [-0.3, -0.25) is 0 Å². The van der Waals surface area contributed by atoms with E-state index in [2.05, 4.69) is 4.98 Å². The molecule has 4 nitrogen and oxygen atoms in total. The quantitative estimate of drug-likeness (QED) is 0.737. The molecule has 0 spiro atoms. The molecule has 1 unspecified atom stereocenters. The fourth-order valence-electron chi connectivity index (χ4n) is 1.86. The summed E-state index contributed by atoms with van der Waals surface area (Å²) >= 11 is 0. The molecule has 1 N–H and O–H groups in total. The molecule has 1 aliphatic rings. The number of hydrogen-bond donors (Lipinski definition) is 1. The molecule has 1 aromatic rings. The minimum absolute atomic E-state index is 0.123. The van der Waals surface area contributed by atoms with Gasteiger partial charge in [-0.2, -0.15) is 0 Å². The number of imidazole rings is 1. The van der Waals surface area contributed by atoms with E-state index in [0.29, 0.717) is 24.4 Å². The molecule has 1 atom stereocenters. The number of halogens is 1. The summed E-state index contributed by atoms with van der Waals surface area (Å²) in [6.07, 6.45) is 0.0133. The van der Waals surface area contributed by atoms with Gasteiger partial charge < -0.3 is 9.67 Å². The maximum Gasteiger partial charge on any atom is 0.354 e. The summed E-state index contributed by atoms with van der Waals surface area (Å²) in [5.74, 6) is -0.343. The van der Waals surface area contributed by atoms with Crippen LogP contribution in [0.15, 0.2) is 0 Å². The van der Waals surface area contributed by atoms with E-state index in [4.69, 9.17) is 5.11 Å². The first-order chi connectivity index (χ1) is 6.59. The summed E-state index contributed by atoms with van der Waals surface area (Å²) in [6, 6.07) is 0. The smallest absolute Gasteiger partial charge is 0.354 e. The Morgan fingerprint density at radius 1 is 1.71 bits per heavy atom. The standard InChI is InChI=1S/C9H11FN2O2/c1-5-8(9(13)14)12-4-6(10)2-3-7(12)11-5/h6H,2-4H2,1H3,(H,13,14). The highest BCUT2D eigenvalue weighted by atomic mass is 19.1. The van der Waals surface area contributed by atoms with Gasteiger partial charge in [0.1, 0.15) is 17.7 Å². The van der Waals surface area contributed by atoms with Crippen LogP contribution in [0.1, 0.15) is 28.4 Å². The zero-order valence-corrected chi connectivity index (χ0v) is 7.83. The molecule has 2 rings (SSSR count). The van der Waals surface area contributed by atoms with Crippen LogP contribution in [0.5, 0.6) is 0 Å². The molecule has 0 fully saturated rings. The molecule has 14 heavy (non-hydrogen) atoms. The monoisotopic (exact) mass is 198 g/mol. The zero-order chi connectivity index (χ0) is 10.3. The van der Waals surface area contributed by atoms with Crippen molar-refractivity contribution in [3.8, 4) is 0 Å². The van der Waals surface area contributed by atoms with Gasteiger partial charge in [0, 0.05) is 6.42 Å². The molecule has 0 amide bonds. The Morgan fingerprint density at radius 3 is 3.07 bits per heavy atom. The second-order valence-corrected chi connectivity index (χ2v) is 3.51. The van der Waals surface area contributed by atoms with Crippen LogP contribution in [0.4, 0.5) is 4.39 Å².